The lowest BCUT2D eigenvalue weighted by molar-refractivity contribution is 0.0954. The third kappa shape index (κ3) is 6.18. The second kappa shape index (κ2) is 9.32. The Bertz CT molecular complexity index is 697. The van der Waals surface area contributed by atoms with Crippen molar-refractivity contribution in [3.05, 3.63) is 65.7 Å². The third-order valence-corrected chi connectivity index (χ3v) is 3.50. The molecule has 132 valence electrons. The third-order valence-electron chi connectivity index (χ3n) is 3.50. The highest BCUT2D eigenvalue weighted by Gasteiger charge is 2.05. The number of carbonyl (C=O) groups is 1. The van der Waals surface area contributed by atoms with Crippen LogP contribution in [0.3, 0.4) is 0 Å². The van der Waals surface area contributed by atoms with Gasteiger partial charge in [-0.25, -0.2) is 4.99 Å². The molecule has 6 nitrogen and oxygen atoms in total. The summed E-state index contributed by atoms with van der Waals surface area (Å²) in [6.07, 6.45) is 0. The van der Waals surface area contributed by atoms with E-state index in [4.69, 9.17) is 0 Å². The van der Waals surface area contributed by atoms with E-state index >= 15 is 0 Å². The van der Waals surface area contributed by atoms with Gasteiger partial charge in [-0.3, -0.25) is 4.79 Å². The monoisotopic (exact) mass is 340 g/mol. The zero-order chi connectivity index (χ0) is 18.1. The average Bonchev–Trinajstić information content (AvgIpc) is 2.62. The van der Waals surface area contributed by atoms with Crippen LogP contribution in [0.25, 0.3) is 0 Å². The van der Waals surface area contributed by atoms with E-state index in [-0.39, 0.29) is 11.7 Å². The zero-order valence-electron chi connectivity index (χ0n) is 14.6. The highest BCUT2D eigenvalue weighted by atomic mass is 16.3. The summed E-state index contributed by atoms with van der Waals surface area (Å²) in [5.41, 5.74) is 1.66. The van der Waals surface area contributed by atoms with Crippen molar-refractivity contribution in [1.29, 1.82) is 0 Å². The fourth-order valence-electron chi connectivity index (χ4n) is 2.17. The molecule has 0 fully saturated rings. The van der Waals surface area contributed by atoms with Crippen LogP contribution in [0.5, 0.6) is 5.75 Å². The number of amides is 1. The molecule has 0 bridgehead atoms. The number of benzene rings is 2. The van der Waals surface area contributed by atoms with Crippen molar-refractivity contribution >= 4 is 11.9 Å². The number of hydrogen-bond acceptors (Lipinski definition) is 3. The maximum absolute atomic E-state index is 12.0. The van der Waals surface area contributed by atoms with E-state index in [1.165, 1.54) is 12.1 Å². The second-order valence-corrected chi connectivity index (χ2v) is 5.75. The van der Waals surface area contributed by atoms with Gasteiger partial charge < -0.3 is 20.6 Å². The SMILES string of the molecule is CN(C)C(=NCc1ccccc1)NCCNC(=O)c1ccc(O)cc1. The molecule has 0 atom stereocenters. The fourth-order valence-corrected chi connectivity index (χ4v) is 2.17. The summed E-state index contributed by atoms with van der Waals surface area (Å²) in [4.78, 5) is 18.5. The molecular weight excluding hydrogens is 316 g/mol. The smallest absolute Gasteiger partial charge is 0.251 e. The lowest BCUT2D eigenvalue weighted by atomic mass is 10.2. The van der Waals surface area contributed by atoms with Gasteiger partial charge >= 0.3 is 0 Å². The molecular formula is C19H24N4O2. The van der Waals surface area contributed by atoms with E-state index in [0.29, 0.717) is 25.2 Å². The molecule has 2 aromatic carbocycles. The number of guanidine groups is 1. The summed E-state index contributed by atoms with van der Waals surface area (Å²) in [5, 5.41) is 15.3. The molecule has 0 saturated carbocycles. The molecule has 0 unspecified atom stereocenters. The van der Waals surface area contributed by atoms with Crippen LogP contribution in [0.1, 0.15) is 15.9 Å². The van der Waals surface area contributed by atoms with Crippen LogP contribution in [-0.2, 0) is 6.54 Å². The zero-order valence-corrected chi connectivity index (χ0v) is 14.6. The summed E-state index contributed by atoms with van der Waals surface area (Å²) in [6.45, 7) is 1.63. The minimum atomic E-state index is -0.172. The van der Waals surface area contributed by atoms with Gasteiger partial charge in [0.1, 0.15) is 5.75 Å². The summed E-state index contributed by atoms with van der Waals surface area (Å²) < 4.78 is 0. The molecule has 2 rings (SSSR count). The molecule has 0 saturated heterocycles. The number of nitrogens with one attached hydrogen (secondary N) is 2. The first-order valence-corrected chi connectivity index (χ1v) is 8.13. The first kappa shape index (κ1) is 18.3. The maximum Gasteiger partial charge on any atom is 0.251 e. The average molecular weight is 340 g/mol. The standard InChI is InChI=1S/C19H24N4O2/c1-23(2)19(22-14-15-6-4-3-5-7-15)21-13-12-20-18(25)16-8-10-17(24)11-9-16/h3-11,24H,12-14H2,1-2H3,(H,20,25)(H,21,22). The second-order valence-electron chi connectivity index (χ2n) is 5.75. The summed E-state index contributed by atoms with van der Waals surface area (Å²) in [7, 11) is 3.84. The topological polar surface area (TPSA) is 77.0 Å². The molecule has 0 radical (unpaired) electrons. The molecule has 0 aromatic heterocycles. The molecule has 0 spiro atoms. The lowest BCUT2D eigenvalue weighted by Gasteiger charge is -2.18. The van der Waals surface area contributed by atoms with Crippen LogP contribution < -0.4 is 10.6 Å². The Labute approximate surface area is 148 Å². The molecule has 0 heterocycles. The maximum atomic E-state index is 12.0. The van der Waals surface area contributed by atoms with Crippen molar-refractivity contribution in [3.63, 3.8) is 0 Å². The first-order chi connectivity index (χ1) is 12.1. The normalized spacial score (nSPS) is 11.0. The van der Waals surface area contributed by atoms with E-state index in [1.54, 1.807) is 12.1 Å². The van der Waals surface area contributed by atoms with Crippen LogP contribution >= 0.6 is 0 Å². The van der Waals surface area contributed by atoms with Crippen molar-refractivity contribution in [2.45, 2.75) is 6.54 Å². The van der Waals surface area contributed by atoms with E-state index in [1.807, 2.05) is 49.3 Å². The van der Waals surface area contributed by atoms with Crippen molar-refractivity contribution in [1.82, 2.24) is 15.5 Å². The Morgan fingerprint density at radius 2 is 1.64 bits per heavy atom. The highest BCUT2D eigenvalue weighted by Crippen LogP contribution is 2.09. The first-order valence-electron chi connectivity index (χ1n) is 8.13. The van der Waals surface area contributed by atoms with Crippen molar-refractivity contribution in [2.24, 2.45) is 4.99 Å². The number of aromatic hydroxyl groups is 1. The number of nitrogens with zero attached hydrogens (tertiary/aromatic N) is 2. The summed E-state index contributed by atoms with van der Waals surface area (Å²) in [6, 6.07) is 16.2. The highest BCUT2D eigenvalue weighted by molar-refractivity contribution is 5.94. The summed E-state index contributed by atoms with van der Waals surface area (Å²) in [5.74, 6) is 0.737. The van der Waals surface area contributed by atoms with Crippen molar-refractivity contribution < 1.29 is 9.90 Å². The molecule has 0 aliphatic heterocycles. The van der Waals surface area contributed by atoms with Crippen LogP contribution in [0.2, 0.25) is 0 Å². The molecule has 6 heteroatoms. The molecule has 0 aliphatic rings. The van der Waals surface area contributed by atoms with E-state index in [0.717, 1.165) is 11.5 Å². The van der Waals surface area contributed by atoms with Gasteiger partial charge in [-0.15, -0.1) is 0 Å². The van der Waals surface area contributed by atoms with Crippen molar-refractivity contribution in [3.8, 4) is 5.75 Å². The Balaban J connectivity index is 1.79. The molecule has 25 heavy (non-hydrogen) atoms. The summed E-state index contributed by atoms with van der Waals surface area (Å²) >= 11 is 0. The Morgan fingerprint density at radius 1 is 1.00 bits per heavy atom. The number of rotatable bonds is 6. The van der Waals surface area contributed by atoms with Crippen LogP contribution in [-0.4, -0.2) is 49.1 Å². The van der Waals surface area contributed by atoms with Crippen molar-refractivity contribution in [2.75, 3.05) is 27.2 Å². The van der Waals surface area contributed by atoms with Crippen LogP contribution in [0.4, 0.5) is 0 Å². The number of hydrogen-bond donors (Lipinski definition) is 3. The minimum absolute atomic E-state index is 0.142. The van der Waals surface area contributed by atoms with Crippen LogP contribution in [0, 0.1) is 0 Å². The predicted molar refractivity (Wildman–Crippen MR) is 99.7 cm³/mol. The van der Waals surface area contributed by atoms with Gasteiger partial charge in [0, 0.05) is 32.7 Å². The van der Waals surface area contributed by atoms with Gasteiger partial charge in [-0.2, -0.15) is 0 Å². The number of carbonyl (C=O) groups excluding carboxylic acids is 1. The Kier molecular flexibility index (Phi) is 6.83. The molecule has 0 aliphatic carbocycles. The van der Waals surface area contributed by atoms with Gasteiger partial charge in [-0.05, 0) is 29.8 Å². The Morgan fingerprint density at radius 3 is 2.28 bits per heavy atom. The lowest BCUT2D eigenvalue weighted by Crippen LogP contribution is -2.41. The predicted octanol–water partition coefficient (Wildman–Crippen LogP) is 1.83. The molecule has 1 amide bonds. The van der Waals surface area contributed by atoms with E-state index < -0.39 is 0 Å². The van der Waals surface area contributed by atoms with Gasteiger partial charge in [0.2, 0.25) is 0 Å². The van der Waals surface area contributed by atoms with E-state index in [2.05, 4.69) is 15.6 Å². The largest absolute Gasteiger partial charge is 0.508 e. The minimum Gasteiger partial charge on any atom is -0.508 e. The van der Waals surface area contributed by atoms with Gasteiger partial charge in [0.15, 0.2) is 5.96 Å². The van der Waals surface area contributed by atoms with Crippen LogP contribution in [0.15, 0.2) is 59.6 Å². The van der Waals surface area contributed by atoms with Gasteiger partial charge in [0.05, 0.1) is 6.54 Å². The number of phenolic OH excluding ortho intramolecular Hbond substituents is 1. The molecule has 2 aromatic rings. The Hall–Kier alpha value is -3.02. The quantitative estimate of drug-likeness (QED) is 0.426. The molecule has 3 N–H and O–H groups in total. The van der Waals surface area contributed by atoms with Gasteiger partial charge in [0.25, 0.3) is 5.91 Å². The number of aliphatic imine (C=N–C) groups is 1. The number of phenols is 1. The van der Waals surface area contributed by atoms with Gasteiger partial charge in [-0.1, -0.05) is 30.3 Å². The van der Waals surface area contributed by atoms with E-state index in [9.17, 15) is 9.90 Å². The fraction of sp³-hybridized carbons (Fsp3) is 0.263.